The largest absolute Gasteiger partial charge is 0.509 e. The predicted octanol–water partition coefficient (Wildman–Crippen LogP) is 6.07. The second-order valence-electron chi connectivity index (χ2n) is 14.2. The van der Waals surface area contributed by atoms with Gasteiger partial charge in [0.2, 0.25) is 5.60 Å². The van der Waals surface area contributed by atoms with Crippen LogP contribution < -0.4 is 0 Å². The molecule has 236 valence electrons. The third kappa shape index (κ3) is 4.55. The molecule has 0 aromatic carbocycles. The molecule has 0 heterocycles. The molecule has 43 heavy (non-hydrogen) atoms. The van der Waals surface area contributed by atoms with Crippen LogP contribution in [0.4, 0.5) is 13.6 Å². The fourth-order valence-corrected chi connectivity index (χ4v) is 9.56. The van der Waals surface area contributed by atoms with Gasteiger partial charge in [0.25, 0.3) is 0 Å². The van der Waals surface area contributed by atoms with Crippen LogP contribution in [-0.4, -0.2) is 53.1 Å². The Morgan fingerprint density at radius 3 is 2.49 bits per heavy atom. The average Bonchev–Trinajstić information content (AvgIpc) is 3.16. The second-order valence-corrected chi connectivity index (χ2v) is 14.2. The lowest BCUT2D eigenvalue weighted by Gasteiger charge is -2.62. The van der Waals surface area contributed by atoms with E-state index in [9.17, 15) is 19.5 Å². The summed E-state index contributed by atoms with van der Waals surface area (Å²) in [7, 11) is 0. The number of aliphatic hydroxyl groups is 1. The number of aliphatic hydroxyl groups excluding tert-OH is 1. The lowest BCUT2D eigenvalue weighted by Crippen LogP contribution is -2.70. The van der Waals surface area contributed by atoms with Gasteiger partial charge in [-0.2, -0.15) is 5.26 Å². The number of ether oxygens (including phenoxy) is 3. The van der Waals surface area contributed by atoms with E-state index in [1.807, 2.05) is 0 Å². The van der Waals surface area contributed by atoms with Crippen LogP contribution in [0, 0.1) is 51.8 Å². The molecular weight excluding hydrogens is 560 g/mol. The summed E-state index contributed by atoms with van der Waals surface area (Å²) < 4.78 is 50.4. The standard InChI is InChI=1S/C33H43F2NO7/c1-18(2)20-6-8-22(9-7-20)42-29(40)43-33(28(39)41-13-12-36)19(3)14-23-24-16-26(34)25-15-21(37)10-11-30(25,4)32(24,35)27(38)17-31(23,33)5/h10-11,18-20,22-24,27,38H,6-9,13-17H2,1-5H3/t19-,20?,22?,23+,24+,27+,30+,31+,32+,33+/m1/s1. The second kappa shape index (κ2) is 11.0. The molecule has 0 unspecified atom stereocenters. The summed E-state index contributed by atoms with van der Waals surface area (Å²) in [6.45, 7) is 8.59. The van der Waals surface area contributed by atoms with Crippen LogP contribution in [0.2, 0.25) is 0 Å². The predicted molar refractivity (Wildman–Crippen MR) is 150 cm³/mol. The zero-order chi connectivity index (χ0) is 31.5. The molecule has 10 heteroatoms. The normalized spacial score (nSPS) is 43.8. The Labute approximate surface area is 251 Å². The van der Waals surface area contributed by atoms with E-state index < -0.39 is 70.5 Å². The first-order valence-corrected chi connectivity index (χ1v) is 15.6. The Bertz CT molecular complexity index is 1280. The molecule has 0 spiro atoms. The van der Waals surface area contributed by atoms with Crippen molar-refractivity contribution in [3.05, 3.63) is 23.6 Å². The van der Waals surface area contributed by atoms with Crippen molar-refractivity contribution in [3.63, 3.8) is 0 Å². The minimum absolute atomic E-state index is 0.0409. The molecule has 3 saturated carbocycles. The number of fused-ring (bicyclic) bond motifs is 5. The number of nitrogens with zero attached hydrogens (tertiary/aromatic N) is 1. The highest BCUT2D eigenvalue weighted by Gasteiger charge is 2.78. The van der Waals surface area contributed by atoms with E-state index in [1.165, 1.54) is 19.1 Å². The van der Waals surface area contributed by atoms with Crippen molar-refractivity contribution < 1.29 is 42.5 Å². The summed E-state index contributed by atoms with van der Waals surface area (Å²) in [5.41, 5.74) is -7.27. The van der Waals surface area contributed by atoms with Crippen LogP contribution >= 0.6 is 0 Å². The fourth-order valence-electron chi connectivity index (χ4n) is 9.56. The van der Waals surface area contributed by atoms with Gasteiger partial charge in [-0.25, -0.2) is 18.4 Å². The van der Waals surface area contributed by atoms with E-state index in [1.54, 1.807) is 19.9 Å². The van der Waals surface area contributed by atoms with Gasteiger partial charge in [0.1, 0.15) is 18.0 Å². The number of alkyl halides is 1. The lowest BCUT2D eigenvalue weighted by molar-refractivity contribution is -0.229. The number of esters is 1. The number of rotatable bonds is 5. The Morgan fingerprint density at radius 1 is 1.19 bits per heavy atom. The van der Waals surface area contributed by atoms with Crippen molar-refractivity contribution >= 4 is 17.9 Å². The third-order valence-electron chi connectivity index (χ3n) is 11.9. The van der Waals surface area contributed by atoms with Crippen molar-refractivity contribution in [2.45, 2.75) is 109 Å². The summed E-state index contributed by atoms with van der Waals surface area (Å²) >= 11 is 0. The molecule has 0 radical (unpaired) electrons. The molecule has 1 N–H and O–H groups in total. The molecule has 3 fully saturated rings. The third-order valence-corrected chi connectivity index (χ3v) is 11.9. The number of carbonyl (C=O) groups is 3. The van der Waals surface area contributed by atoms with Gasteiger partial charge in [0.15, 0.2) is 18.1 Å². The van der Waals surface area contributed by atoms with Crippen LogP contribution in [0.1, 0.15) is 86.0 Å². The molecule has 0 bridgehead atoms. The lowest BCUT2D eigenvalue weighted by atomic mass is 9.45. The molecule has 0 aliphatic heterocycles. The van der Waals surface area contributed by atoms with E-state index in [4.69, 9.17) is 19.5 Å². The van der Waals surface area contributed by atoms with Gasteiger partial charge < -0.3 is 19.3 Å². The van der Waals surface area contributed by atoms with Crippen molar-refractivity contribution in [3.8, 4) is 6.07 Å². The maximum absolute atomic E-state index is 17.6. The van der Waals surface area contributed by atoms with E-state index in [0.717, 1.165) is 12.8 Å². The Morgan fingerprint density at radius 2 is 1.86 bits per heavy atom. The molecule has 5 aliphatic rings. The van der Waals surface area contributed by atoms with E-state index >= 15 is 8.78 Å². The van der Waals surface area contributed by atoms with Gasteiger partial charge in [-0.15, -0.1) is 0 Å². The zero-order valence-electron chi connectivity index (χ0n) is 25.7. The van der Waals surface area contributed by atoms with Crippen molar-refractivity contribution in [2.24, 2.45) is 40.4 Å². The first kappa shape index (κ1) is 31.6. The molecule has 0 saturated heterocycles. The highest BCUT2D eigenvalue weighted by Crippen LogP contribution is 2.71. The fraction of sp³-hybridized carbons (Fsp3) is 0.758. The van der Waals surface area contributed by atoms with E-state index in [-0.39, 0.29) is 43.1 Å². The van der Waals surface area contributed by atoms with E-state index in [2.05, 4.69) is 13.8 Å². The molecule has 0 aromatic rings. The van der Waals surface area contributed by atoms with Crippen molar-refractivity contribution in [1.82, 2.24) is 0 Å². The Hall–Kier alpha value is -2.80. The van der Waals surface area contributed by atoms with Crippen LogP contribution in [-0.2, 0) is 23.8 Å². The van der Waals surface area contributed by atoms with Gasteiger partial charge in [-0.3, -0.25) is 4.79 Å². The Kier molecular flexibility index (Phi) is 8.07. The number of carbonyl (C=O) groups excluding carboxylic acids is 3. The number of allylic oxidation sites excluding steroid dienone is 4. The summed E-state index contributed by atoms with van der Waals surface area (Å²) in [6, 6.07) is 1.76. The van der Waals surface area contributed by atoms with E-state index in [0.29, 0.717) is 24.7 Å². The van der Waals surface area contributed by atoms with Gasteiger partial charge in [-0.05, 0) is 74.9 Å². The molecule has 8 nitrogen and oxygen atoms in total. The molecular formula is C33H43F2NO7. The SMILES string of the molecule is CC(C)C1CCC(OC(=O)O[C@]2(C(=O)OCC#N)[C@H](C)C[C@H]3[C@@H]4CC(F)=C5CC(=O)C=C[C@]5(C)[C@@]4(F)[C@@H](O)C[C@@]32C)CC1. The van der Waals surface area contributed by atoms with Gasteiger partial charge in [0, 0.05) is 35.5 Å². The highest BCUT2D eigenvalue weighted by molar-refractivity contribution is 5.93. The quantitative estimate of drug-likeness (QED) is 0.376. The van der Waals surface area contributed by atoms with Gasteiger partial charge >= 0.3 is 12.1 Å². The highest BCUT2D eigenvalue weighted by atomic mass is 19.1. The molecule has 0 aromatic heterocycles. The first-order chi connectivity index (χ1) is 20.2. The summed E-state index contributed by atoms with van der Waals surface area (Å²) in [4.78, 5) is 39.4. The minimum Gasteiger partial charge on any atom is -0.447 e. The van der Waals surface area contributed by atoms with Crippen LogP contribution in [0.5, 0.6) is 0 Å². The van der Waals surface area contributed by atoms with Crippen LogP contribution in [0.3, 0.4) is 0 Å². The molecule has 8 atom stereocenters. The average molecular weight is 604 g/mol. The maximum Gasteiger partial charge on any atom is 0.509 e. The summed E-state index contributed by atoms with van der Waals surface area (Å²) in [6.07, 6.45) is 1.84. The maximum atomic E-state index is 17.6. The smallest absolute Gasteiger partial charge is 0.447 e. The number of ketones is 1. The number of halogens is 2. The molecule has 5 rings (SSSR count). The topological polar surface area (TPSA) is 123 Å². The zero-order valence-corrected chi connectivity index (χ0v) is 25.7. The Balaban J connectivity index is 1.50. The number of hydrogen-bond donors (Lipinski definition) is 1. The first-order valence-electron chi connectivity index (χ1n) is 15.6. The number of nitriles is 1. The molecule has 5 aliphatic carbocycles. The van der Waals surface area contributed by atoms with Crippen LogP contribution in [0.15, 0.2) is 23.6 Å². The monoisotopic (exact) mass is 603 g/mol. The van der Waals surface area contributed by atoms with Crippen molar-refractivity contribution in [2.75, 3.05) is 6.61 Å². The molecule has 0 amide bonds. The minimum atomic E-state index is -2.35. The summed E-state index contributed by atoms with van der Waals surface area (Å²) in [5, 5.41) is 20.8. The number of hydrogen-bond acceptors (Lipinski definition) is 8. The summed E-state index contributed by atoms with van der Waals surface area (Å²) in [5.74, 6) is -3.37. The van der Waals surface area contributed by atoms with Gasteiger partial charge in [-0.1, -0.05) is 33.8 Å². The van der Waals surface area contributed by atoms with Crippen LogP contribution in [0.25, 0.3) is 0 Å². The van der Waals surface area contributed by atoms with Gasteiger partial charge in [0.05, 0.1) is 6.10 Å². The van der Waals surface area contributed by atoms with Crippen molar-refractivity contribution in [1.29, 1.82) is 5.26 Å².